The molecule has 0 saturated heterocycles. The molecule has 136 valence electrons. The molecule has 2 rings (SSSR count). The van der Waals surface area contributed by atoms with Crippen LogP contribution in [0.2, 0.25) is 0 Å². The molecule has 0 heterocycles. The first-order chi connectivity index (χ1) is 12.4. The lowest BCUT2D eigenvalue weighted by atomic mass is 10.1. The fourth-order valence-electron chi connectivity index (χ4n) is 2.27. The molecule has 0 unspecified atom stereocenters. The summed E-state index contributed by atoms with van der Waals surface area (Å²) in [6.45, 7) is 1.29. The summed E-state index contributed by atoms with van der Waals surface area (Å²) < 4.78 is 9.96. The van der Waals surface area contributed by atoms with Crippen molar-refractivity contribution in [3.8, 4) is 5.75 Å². The minimum Gasteiger partial charge on any atom is -0.497 e. The first kappa shape index (κ1) is 18.9. The Morgan fingerprint density at radius 1 is 1.15 bits per heavy atom. The summed E-state index contributed by atoms with van der Waals surface area (Å²) in [6, 6.07) is 11.4. The fraction of sp³-hybridized carbons (Fsp3) is 0.222. The van der Waals surface area contributed by atoms with Crippen molar-refractivity contribution in [2.24, 2.45) is 0 Å². The number of methoxy groups -OCH3 is 1. The van der Waals surface area contributed by atoms with Gasteiger partial charge in [0, 0.05) is 12.6 Å². The molecule has 1 amide bonds. The predicted octanol–water partition coefficient (Wildman–Crippen LogP) is 2.39. The number of carbonyl (C=O) groups is 2. The molecule has 0 atom stereocenters. The monoisotopic (exact) mass is 358 g/mol. The lowest BCUT2D eigenvalue weighted by Crippen LogP contribution is -2.28. The molecule has 1 N–H and O–H groups in total. The van der Waals surface area contributed by atoms with Crippen LogP contribution in [0.25, 0.3) is 0 Å². The van der Waals surface area contributed by atoms with Gasteiger partial charge in [-0.25, -0.2) is 4.79 Å². The molecule has 2 aromatic rings. The Kier molecular flexibility index (Phi) is 6.26. The summed E-state index contributed by atoms with van der Waals surface area (Å²) in [4.78, 5) is 34.3. The third-order valence-corrected chi connectivity index (χ3v) is 3.63. The summed E-state index contributed by atoms with van der Waals surface area (Å²) in [5.41, 5.74) is 0.747. The van der Waals surface area contributed by atoms with E-state index < -0.39 is 23.4 Å². The van der Waals surface area contributed by atoms with Crippen molar-refractivity contribution >= 4 is 17.6 Å². The summed E-state index contributed by atoms with van der Waals surface area (Å²) in [5, 5.41) is 13.6. The molecule has 0 saturated carbocycles. The van der Waals surface area contributed by atoms with Crippen molar-refractivity contribution in [2.45, 2.75) is 13.5 Å². The molecular formula is C18H18N2O6. The highest BCUT2D eigenvalue weighted by atomic mass is 16.6. The van der Waals surface area contributed by atoms with E-state index in [1.165, 1.54) is 12.1 Å². The Balaban J connectivity index is 1.91. The van der Waals surface area contributed by atoms with Crippen LogP contribution in [0, 0.1) is 17.0 Å². The number of nitro benzene ring substituents is 1. The number of hydrogen-bond acceptors (Lipinski definition) is 6. The quantitative estimate of drug-likeness (QED) is 0.462. The number of esters is 1. The van der Waals surface area contributed by atoms with Gasteiger partial charge in [0.15, 0.2) is 6.61 Å². The smallest absolute Gasteiger partial charge is 0.345 e. The van der Waals surface area contributed by atoms with Gasteiger partial charge in [0.05, 0.1) is 12.0 Å². The molecule has 0 spiro atoms. The van der Waals surface area contributed by atoms with E-state index in [2.05, 4.69) is 5.32 Å². The predicted molar refractivity (Wildman–Crippen MR) is 93.0 cm³/mol. The van der Waals surface area contributed by atoms with Gasteiger partial charge >= 0.3 is 5.97 Å². The van der Waals surface area contributed by atoms with Gasteiger partial charge in [-0.2, -0.15) is 0 Å². The highest BCUT2D eigenvalue weighted by Crippen LogP contribution is 2.22. The topological polar surface area (TPSA) is 108 Å². The molecule has 26 heavy (non-hydrogen) atoms. The largest absolute Gasteiger partial charge is 0.497 e. The number of nitro groups is 1. The number of carbonyl (C=O) groups excluding carboxylic acids is 2. The van der Waals surface area contributed by atoms with Crippen LogP contribution in [-0.2, 0) is 16.1 Å². The minimum atomic E-state index is -0.908. The zero-order valence-electron chi connectivity index (χ0n) is 14.4. The van der Waals surface area contributed by atoms with Crippen LogP contribution in [0.5, 0.6) is 5.75 Å². The van der Waals surface area contributed by atoms with Gasteiger partial charge in [0.25, 0.3) is 11.6 Å². The van der Waals surface area contributed by atoms with E-state index in [1.54, 1.807) is 44.4 Å². The summed E-state index contributed by atoms with van der Waals surface area (Å²) in [5.74, 6) is -0.714. The van der Waals surface area contributed by atoms with Crippen LogP contribution in [0.4, 0.5) is 5.69 Å². The van der Waals surface area contributed by atoms with Crippen molar-refractivity contribution in [2.75, 3.05) is 13.7 Å². The second-order valence-corrected chi connectivity index (χ2v) is 5.43. The molecule has 0 aliphatic heterocycles. The summed E-state index contributed by atoms with van der Waals surface area (Å²) in [6.07, 6.45) is 0. The average molecular weight is 358 g/mol. The Bertz CT molecular complexity index is 817. The molecule has 8 nitrogen and oxygen atoms in total. The summed E-state index contributed by atoms with van der Waals surface area (Å²) in [7, 11) is 1.56. The number of hydrogen-bond donors (Lipinski definition) is 1. The van der Waals surface area contributed by atoms with Crippen molar-refractivity contribution in [3.05, 3.63) is 69.3 Å². The molecule has 0 radical (unpaired) electrons. The van der Waals surface area contributed by atoms with Crippen LogP contribution in [0.1, 0.15) is 21.5 Å². The van der Waals surface area contributed by atoms with E-state index in [9.17, 15) is 19.7 Å². The van der Waals surface area contributed by atoms with Gasteiger partial charge in [-0.15, -0.1) is 0 Å². The van der Waals surface area contributed by atoms with E-state index in [1.807, 2.05) is 0 Å². The molecular weight excluding hydrogens is 340 g/mol. The second-order valence-electron chi connectivity index (χ2n) is 5.43. The fourth-order valence-corrected chi connectivity index (χ4v) is 2.27. The summed E-state index contributed by atoms with van der Waals surface area (Å²) >= 11 is 0. The van der Waals surface area contributed by atoms with Crippen LogP contribution in [0.15, 0.2) is 42.5 Å². The third kappa shape index (κ3) is 4.79. The highest BCUT2D eigenvalue weighted by Gasteiger charge is 2.24. The number of nitrogens with zero attached hydrogens (tertiary/aromatic N) is 1. The molecule has 0 fully saturated rings. The maximum Gasteiger partial charge on any atom is 0.345 e. The second kappa shape index (κ2) is 8.61. The number of aryl methyl sites for hydroxylation is 1. The van der Waals surface area contributed by atoms with Gasteiger partial charge in [0.1, 0.15) is 11.3 Å². The van der Waals surface area contributed by atoms with E-state index in [0.717, 1.165) is 5.56 Å². The van der Waals surface area contributed by atoms with E-state index >= 15 is 0 Å². The normalized spacial score (nSPS) is 10.1. The van der Waals surface area contributed by atoms with Gasteiger partial charge < -0.3 is 14.8 Å². The van der Waals surface area contributed by atoms with Crippen LogP contribution in [0.3, 0.4) is 0 Å². The molecule has 2 aromatic carbocycles. The van der Waals surface area contributed by atoms with Crippen molar-refractivity contribution < 1.29 is 24.0 Å². The maximum absolute atomic E-state index is 12.1. The van der Waals surface area contributed by atoms with Crippen LogP contribution >= 0.6 is 0 Å². The maximum atomic E-state index is 12.1. The SMILES string of the molecule is COc1ccc(CNC(=O)COC(=O)c2c(C)cccc2[N+](=O)[O-])cc1. The van der Waals surface area contributed by atoms with Crippen molar-refractivity contribution in [1.82, 2.24) is 5.32 Å². The number of nitrogens with one attached hydrogen (secondary N) is 1. The third-order valence-electron chi connectivity index (χ3n) is 3.63. The van der Waals surface area contributed by atoms with Crippen molar-refractivity contribution in [3.63, 3.8) is 0 Å². The number of amides is 1. The molecule has 0 bridgehead atoms. The lowest BCUT2D eigenvalue weighted by Gasteiger charge is -2.09. The Labute approximate surface area is 149 Å². The minimum absolute atomic E-state index is 0.152. The Hall–Kier alpha value is -3.42. The zero-order valence-corrected chi connectivity index (χ0v) is 14.4. The van der Waals surface area contributed by atoms with Gasteiger partial charge in [0.2, 0.25) is 0 Å². The molecule has 0 aliphatic rings. The van der Waals surface area contributed by atoms with Gasteiger partial charge in [-0.3, -0.25) is 14.9 Å². The lowest BCUT2D eigenvalue weighted by molar-refractivity contribution is -0.385. The van der Waals surface area contributed by atoms with Gasteiger partial charge in [-0.1, -0.05) is 24.3 Å². The molecule has 0 aromatic heterocycles. The van der Waals surface area contributed by atoms with E-state index in [0.29, 0.717) is 11.3 Å². The standard InChI is InChI=1S/C18H18N2O6/c1-12-4-3-5-15(20(23)24)17(12)18(22)26-11-16(21)19-10-13-6-8-14(25-2)9-7-13/h3-9H,10-11H2,1-2H3,(H,19,21). The van der Waals surface area contributed by atoms with E-state index in [-0.39, 0.29) is 17.8 Å². The zero-order chi connectivity index (χ0) is 19.1. The number of ether oxygens (including phenoxy) is 2. The van der Waals surface area contributed by atoms with Crippen LogP contribution < -0.4 is 10.1 Å². The Morgan fingerprint density at radius 3 is 2.46 bits per heavy atom. The first-order valence-corrected chi connectivity index (χ1v) is 7.73. The Morgan fingerprint density at radius 2 is 1.85 bits per heavy atom. The van der Waals surface area contributed by atoms with Crippen LogP contribution in [-0.4, -0.2) is 30.5 Å². The molecule has 8 heteroatoms. The number of benzene rings is 2. The average Bonchev–Trinajstić information content (AvgIpc) is 2.64. The highest BCUT2D eigenvalue weighted by molar-refractivity contribution is 5.96. The molecule has 0 aliphatic carbocycles. The van der Waals surface area contributed by atoms with Crippen molar-refractivity contribution in [1.29, 1.82) is 0 Å². The number of rotatable bonds is 7. The first-order valence-electron chi connectivity index (χ1n) is 7.73. The van der Waals surface area contributed by atoms with Gasteiger partial charge in [-0.05, 0) is 30.2 Å². The van der Waals surface area contributed by atoms with E-state index in [4.69, 9.17) is 9.47 Å².